The third-order valence-corrected chi connectivity index (χ3v) is 10.9. The first-order chi connectivity index (χ1) is 33.5. The van der Waals surface area contributed by atoms with E-state index in [1.165, 1.54) is 50.5 Å². The van der Waals surface area contributed by atoms with E-state index in [1.54, 1.807) is 38.1 Å². The van der Waals surface area contributed by atoms with Crippen molar-refractivity contribution in [3.05, 3.63) is 83.2 Å². The van der Waals surface area contributed by atoms with E-state index in [0.29, 0.717) is 16.9 Å². The highest BCUT2D eigenvalue weighted by molar-refractivity contribution is 7.87. The third-order valence-electron chi connectivity index (χ3n) is 10.4. The van der Waals surface area contributed by atoms with E-state index in [4.69, 9.17) is 30.8 Å². The number of carboxylic acids is 1. The van der Waals surface area contributed by atoms with E-state index in [-0.39, 0.29) is 83.9 Å². The minimum Gasteiger partial charge on any atom is -0.504 e. The number of nitrogens with zero attached hydrogens (tertiary/aromatic N) is 3. The van der Waals surface area contributed by atoms with Gasteiger partial charge in [-0.15, -0.1) is 0 Å². The van der Waals surface area contributed by atoms with Crippen LogP contribution in [0.25, 0.3) is 22.5 Å². The number of likely N-dealkylation sites (N-methyl/N-ethyl adjacent to an activating group) is 1. The molecule has 0 radical (unpaired) electrons. The van der Waals surface area contributed by atoms with Crippen molar-refractivity contribution < 1.29 is 67.0 Å². The Bertz CT molecular complexity index is 2620. The number of aromatic hydroxyl groups is 1. The Morgan fingerprint density at radius 1 is 0.873 bits per heavy atom. The number of rotatable bonds is 27. The average molecular weight is 1010 g/mol. The van der Waals surface area contributed by atoms with Crippen LogP contribution < -0.4 is 51.5 Å². The molecule has 0 aliphatic carbocycles. The summed E-state index contributed by atoms with van der Waals surface area (Å²) in [4.78, 5) is 76.2. The number of amides is 4. The van der Waals surface area contributed by atoms with Crippen LogP contribution >= 0.6 is 0 Å². The van der Waals surface area contributed by atoms with Gasteiger partial charge >= 0.3 is 5.97 Å². The summed E-state index contributed by atoms with van der Waals surface area (Å²) in [5, 5.41) is 55.1. The number of aliphatic carboxylic acids is 1. The van der Waals surface area contributed by atoms with Gasteiger partial charge < -0.3 is 67.0 Å². The number of carbonyl (C=O) groups excluding carboxylic acids is 4. The van der Waals surface area contributed by atoms with Crippen molar-refractivity contribution in [1.29, 1.82) is 0 Å². The van der Waals surface area contributed by atoms with E-state index in [1.807, 2.05) is 18.6 Å². The highest BCUT2D eigenvalue weighted by Gasteiger charge is 2.36. The highest BCUT2D eigenvalue weighted by Crippen LogP contribution is 2.44. The van der Waals surface area contributed by atoms with Gasteiger partial charge in [0.2, 0.25) is 18.2 Å². The maximum absolute atomic E-state index is 14.8. The zero-order valence-corrected chi connectivity index (χ0v) is 40.8. The lowest BCUT2D eigenvalue weighted by Crippen LogP contribution is -2.55. The SMILES string of the molecule is Cc1nc(-c2ccc(OC(C)C)cc2)ncc1C(=O)N[C@@H](CNS(N)(=O)=O)C(=O)N(C)[C@H](C(=O)NC(C)C)c1cc(OC[C@H](O)CN)c(O)c(-c2cc(C[C@H](NC=O)C(=O)O)ccc2OC[C@H](O)CN)c1. The Morgan fingerprint density at radius 2 is 1.51 bits per heavy atom. The van der Waals surface area contributed by atoms with Crippen LogP contribution in [-0.2, 0) is 35.8 Å². The second kappa shape index (κ2) is 25.7. The van der Waals surface area contributed by atoms with Gasteiger partial charge in [-0.05, 0) is 94.3 Å². The van der Waals surface area contributed by atoms with Crippen LogP contribution in [0.4, 0.5) is 0 Å². The number of phenolic OH excluding ortho intramolecular Hbond substituents is 1. The van der Waals surface area contributed by atoms with Gasteiger partial charge in [0.1, 0.15) is 55.0 Å². The Hall–Kier alpha value is -7.00. The fourth-order valence-electron chi connectivity index (χ4n) is 6.89. The molecule has 3 aromatic carbocycles. The number of aromatic nitrogens is 2. The van der Waals surface area contributed by atoms with Crippen molar-refractivity contribution in [2.75, 3.05) is 39.9 Å². The van der Waals surface area contributed by atoms with Crippen LogP contribution in [-0.4, -0.2) is 150 Å². The van der Waals surface area contributed by atoms with Gasteiger partial charge in [0, 0.05) is 62.0 Å². The monoisotopic (exact) mass is 1010 g/mol. The number of hydrogen-bond acceptors (Lipinski definition) is 17. The normalized spacial score (nSPS) is 13.6. The lowest BCUT2D eigenvalue weighted by molar-refractivity contribution is -0.140. The van der Waals surface area contributed by atoms with Crippen molar-refractivity contribution in [2.24, 2.45) is 16.6 Å². The molecule has 14 N–H and O–H groups in total. The highest BCUT2D eigenvalue weighted by atomic mass is 32.2. The Morgan fingerprint density at radius 3 is 2.06 bits per heavy atom. The molecule has 0 saturated carbocycles. The summed E-state index contributed by atoms with van der Waals surface area (Å²) in [7, 11) is -3.28. The smallest absolute Gasteiger partial charge is 0.326 e. The first-order valence-electron chi connectivity index (χ1n) is 22.2. The second-order valence-corrected chi connectivity index (χ2v) is 18.2. The van der Waals surface area contributed by atoms with E-state index < -0.39 is 89.2 Å². The molecule has 0 spiro atoms. The number of aliphatic hydroxyl groups is 2. The summed E-state index contributed by atoms with van der Waals surface area (Å²) in [6, 6.07) is 8.39. The van der Waals surface area contributed by atoms with Crippen molar-refractivity contribution in [1.82, 2.24) is 35.5 Å². The number of nitrogens with one attached hydrogen (secondary N) is 4. The molecule has 0 aliphatic rings. The van der Waals surface area contributed by atoms with E-state index in [0.717, 1.165) is 4.90 Å². The molecule has 5 atom stereocenters. The molecule has 4 rings (SSSR count). The summed E-state index contributed by atoms with van der Waals surface area (Å²) in [5.41, 5.74) is 12.1. The Kier molecular flexibility index (Phi) is 20.5. The number of carboxylic acid groups (broad SMARTS) is 1. The molecule has 0 unspecified atom stereocenters. The first kappa shape index (κ1) is 56.6. The van der Waals surface area contributed by atoms with Crippen LogP contribution in [0.15, 0.2) is 60.8 Å². The fraction of sp³-hybridized carbons (Fsp3) is 0.413. The predicted molar refractivity (Wildman–Crippen MR) is 258 cm³/mol. The van der Waals surface area contributed by atoms with Gasteiger partial charge in [0.25, 0.3) is 16.1 Å². The molecule has 71 heavy (non-hydrogen) atoms. The predicted octanol–water partition coefficient (Wildman–Crippen LogP) is -0.634. The van der Waals surface area contributed by atoms with Crippen LogP contribution in [0.3, 0.4) is 0 Å². The number of ether oxygens (including phenoxy) is 3. The van der Waals surface area contributed by atoms with E-state index in [9.17, 15) is 52.8 Å². The van der Waals surface area contributed by atoms with Gasteiger partial charge in [-0.25, -0.2) is 19.9 Å². The van der Waals surface area contributed by atoms with Crippen molar-refractivity contribution in [2.45, 2.75) is 83.5 Å². The summed E-state index contributed by atoms with van der Waals surface area (Å²) in [6.07, 6.45) is -1.28. The molecule has 24 nitrogen and oxygen atoms in total. The van der Waals surface area contributed by atoms with Gasteiger partial charge in [-0.1, -0.05) is 6.07 Å². The zero-order chi connectivity index (χ0) is 52.7. The standard InChI is InChI=1S/C46H62N10O14S/c1-24(2)53-44(62)40(56(6)45(63)37(20-52-71(49,66)67)55-43(61)35-19-50-42(54-26(35)5)28-8-10-32(11-9-28)70-25(3)4)29-15-34(41(60)39(16-29)69-22-31(59)18-48)33-13-27(14-36(46(64)65)51-23-57)7-12-38(33)68-21-30(58)17-47/h7-13,15-16,19,23-25,30-31,36-37,40,52,58-60H,14,17-18,20-22,47-48H2,1-6H3,(H,51,57)(H,53,62)(H,55,61)(H,64,65)(H2,49,66,67)/t30-,31-,36+,37+,40+/m1/s1. The van der Waals surface area contributed by atoms with Crippen molar-refractivity contribution in [3.63, 3.8) is 0 Å². The lowest BCUT2D eigenvalue weighted by Gasteiger charge is -2.32. The van der Waals surface area contributed by atoms with Gasteiger partial charge in [-0.2, -0.15) is 13.1 Å². The van der Waals surface area contributed by atoms with Crippen LogP contribution in [0.5, 0.6) is 23.0 Å². The molecule has 0 bridgehead atoms. The summed E-state index contributed by atoms with van der Waals surface area (Å²) in [5.74, 6) is -4.15. The minimum atomic E-state index is -4.48. The maximum Gasteiger partial charge on any atom is 0.326 e. The molecule has 0 fully saturated rings. The number of nitrogens with two attached hydrogens (primary N) is 3. The number of carbonyl (C=O) groups is 5. The molecule has 25 heteroatoms. The Balaban J connectivity index is 1.88. The molecule has 1 aromatic heterocycles. The van der Waals surface area contributed by atoms with Crippen molar-refractivity contribution in [3.8, 4) is 45.5 Å². The van der Waals surface area contributed by atoms with Crippen LogP contribution in [0, 0.1) is 6.92 Å². The van der Waals surface area contributed by atoms with E-state index >= 15 is 0 Å². The average Bonchev–Trinajstić information content (AvgIpc) is 3.31. The maximum atomic E-state index is 14.8. The molecule has 0 saturated heterocycles. The van der Waals surface area contributed by atoms with E-state index in [2.05, 4.69) is 25.9 Å². The lowest BCUT2D eigenvalue weighted by atomic mass is 9.93. The molecule has 0 aliphatic heterocycles. The zero-order valence-electron chi connectivity index (χ0n) is 40.0. The number of aliphatic hydroxyl groups excluding tert-OH is 2. The fourth-order valence-corrected chi connectivity index (χ4v) is 7.29. The van der Waals surface area contributed by atoms with Gasteiger partial charge in [0.05, 0.1) is 17.4 Å². The summed E-state index contributed by atoms with van der Waals surface area (Å²) < 4.78 is 43.9. The molecular weight excluding hydrogens is 949 g/mol. The minimum absolute atomic E-state index is 0.00257. The summed E-state index contributed by atoms with van der Waals surface area (Å²) in [6.45, 7) is 6.49. The van der Waals surface area contributed by atoms with Gasteiger partial charge in [0.15, 0.2) is 17.3 Å². The topological polar surface area (TPSA) is 383 Å². The summed E-state index contributed by atoms with van der Waals surface area (Å²) >= 11 is 0. The Labute approximate surface area is 410 Å². The second-order valence-electron chi connectivity index (χ2n) is 16.8. The van der Waals surface area contributed by atoms with Gasteiger partial charge in [-0.3, -0.25) is 19.2 Å². The number of phenols is 1. The third kappa shape index (κ3) is 16.3. The van der Waals surface area contributed by atoms with Crippen molar-refractivity contribution >= 4 is 40.3 Å². The molecular formula is C46H62N10O14S. The molecule has 386 valence electrons. The van der Waals surface area contributed by atoms with Crippen LogP contribution in [0.1, 0.15) is 60.9 Å². The largest absolute Gasteiger partial charge is 0.504 e. The molecule has 4 amide bonds. The molecule has 1 heterocycles. The number of hydrogen-bond donors (Lipinski definition) is 11. The quantitative estimate of drug-likeness (QED) is 0.0331. The first-order valence-corrected chi connectivity index (χ1v) is 23.7. The number of benzene rings is 3. The number of aryl methyl sites for hydroxylation is 1. The van der Waals surface area contributed by atoms with Crippen LogP contribution in [0.2, 0.25) is 0 Å². The molecule has 4 aromatic rings.